The highest BCUT2D eigenvalue weighted by Gasteiger charge is 2.24. The van der Waals surface area contributed by atoms with Crippen molar-refractivity contribution in [2.75, 3.05) is 13.1 Å². The van der Waals surface area contributed by atoms with Crippen molar-refractivity contribution in [3.05, 3.63) is 34.9 Å². The molecule has 2 heteroatoms. The Bertz CT molecular complexity index is 360. The molecule has 0 N–H and O–H groups in total. The first-order valence-electron chi connectivity index (χ1n) is 7.20. The molecule has 18 heavy (non-hydrogen) atoms. The molecule has 0 aromatic heterocycles. The lowest BCUT2D eigenvalue weighted by Gasteiger charge is -2.37. The summed E-state index contributed by atoms with van der Waals surface area (Å²) in [5.74, 6) is 0.838. The number of halogens is 1. The zero-order chi connectivity index (χ0) is 13.0. The van der Waals surface area contributed by atoms with Gasteiger partial charge in [-0.15, -0.1) is 0 Å². The maximum Gasteiger partial charge on any atom is 0.0406 e. The Morgan fingerprint density at radius 1 is 1.33 bits per heavy atom. The summed E-state index contributed by atoms with van der Waals surface area (Å²) >= 11 is 5.99. The lowest BCUT2D eigenvalue weighted by molar-refractivity contribution is 0.123. The Hall–Kier alpha value is -0.530. The van der Waals surface area contributed by atoms with Crippen molar-refractivity contribution >= 4 is 11.6 Å². The van der Waals surface area contributed by atoms with Crippen LogP contribution in [-0.2, 0) is 0 Å². The summed E-state index contributed by atoms with van der Waals surface area (Å²) < 4.78 is 0. The number of piperidine rings is 1. The first-order chi connectivity index (χ1) is 8.70. The number of rotatable bonds is 4. The monoisotopic (exact) mass is 265 g/mol. The van der Waals surface area contributed by atoms with E-state index in [1.807, 2.05) is 12.1 Å². The molecule has 1 fully saturated rings. The van der Waals surface area contributed by atoms with Crippen LogP contribution in [0.4, 0.5) is 0 Å². The molecule has 1 saturated heterocycles. The Morgan fingerprint density at radius 3 is 2.67 bits per heavy atom. The van der Waals surface area contributed by atoms with Gasteiger partial charge in [-0.25, -0.2) is 0 Å². The molecule has 1 nitrogen and oxygen atoms in total. The van der Waals surface area contributed by atoms with E-state index in [4.69, 9.17) is 11.6 Å². The van der Waals surface area contributed by atoms with Crippen molar-refractivity contribution in [1.82, 2.24) is 4.90 Å². The SMILES string of the molecule is CCC[C@@H](c1ccc(Cl)cc1)N1CCC[C@@H](C)C1. The summed E-state index contributed by atoms with van der Waals surface area (Å²) in [6.45, 7) is 7.14. The summed E-state index contributed by atoms with van der Waals surface area (Å²) in [5.41, 5.74) is 1.43. The summed E-state index contributed by atoms with van der Waals surface area (Å²) in [5, 5.41) is 0.834. The van der Waals surface area contributed by atoms with Gasteiger partial charge in [-0.1, -0.05) is 44.0 Å². The largest absolute Gasteiger partial charge is 0.296 e. The molecule has 0 spiro atoms. The fourth-order valence-corrected chi connectivity index (χ4v) is 3.15. The Labute approximate surface area is 116 Å². The molecule has 0 radical (unpaired) electrons. The fourth-order valence-electron chi connectivity index (χ4n) is 3.03. The van der Waals surface area contributed by atoms with E-state index in [1.165, 1.54) is 44.3 Å². The molecular weight excluding hydrogens is 242 g/mol. The smallest absolute Gasteiger partial charge is 0.0406 e. The average molecular weight is 266 g/mol. The minimum atomic E-state index is 0.579. The van der Waals surface area contributed by atoms with Gasteiger partial charge in [0.2, 0.25) is 0 Å². The molecule has 1 aliphatic rings. The van der Waals surface area contributed by atoms with E-state index in [0.717, 1.165) is 10.9 Å². The Balaban J connectivity index is 2.13. The Kier molecular flexibility index (Phi) is 5.08. The van der Waals surface area contributed by atoms with Gasteiger partial charge < -0.3 is 0 Å². The van der Waals surface area contributed by atoms with Crippen molar-refractivity contribution in [2.24, 2.45) is 5.92 Å². The van der Waals surface area contributed by atoms with E-state index in [9.17, 15) is 0 Å². The fraction of sp³-hybridized carbons (Fsp3) is 0.625. The standard InChI is InChI=1S/C16H24ClN/c1-3-5-16(14-7-9-15(17)10-8-14)18-11-4-6-13(2)12-18/h7-10,13,16H,3-6,11-12H2,1-2H3/t13-,16+/m1/s1. The summed E-state index contributed by atoms with van der Waals surface area (Å²) in [4.78, 5) is 2.67. The van der Waals surface area contributed by atoms with Crippen molar-refractivity contribution in [1.29, 1.82) is 0 Å². The van der Waals surface area contributed by atoms with Gasteiger partial charge in [0.05, 0.1) is 0 Å². The Morgan fingerprint density at radius 2 is 2.06 bits per heavy atom. The van der Waals surface area contributed by atoms with Crippen molar-refractivity contribution in [3.8, 4) is 0 Å². The van der Waals surface area contributed by atoms with Gasteiger partial charge in [-0.2, -0.15) is 0 Å². The molecular formula is C16H24ClN. The van der Waals surface area contributed by atoms with Crippen LogP contribution in [0, 0.1) is 5.92 Å². The van der Waals surface area contributed by atoms with E-state index in [0.29, 0.717) is 6.04 Å². The second-order valence-electron chi connectivity index (χ2n) is 5.60. The van der Waals surface area contributed by atoms with Crippen LogP contribution in [0.2, 0.25) is 5.02 Å². The van der Waals surface area contributed by atoms with Gasteiger partial charge in [0, 0.05) is 17.6 Å². The number of likely N-dealkylation sites (tertiary alicyclic amines) is 1. The first kappa shape index (κ1) is 13.9. The summed E-state index contributed by atoms with van der Waals surface area (Å²) in [6.07, 6.45) is 5.21. The summed E-state index contributed by atoms with van der Waals surface area (Å²) in [7, 11) is 0. The van der Waals surface area contributed by atoms with E-state index in [2.05, 4.69) is 30.9 Å². The number of benzene rings is 1. The topological polar surface area (TPSA) is 3.24 Å². The van der Waals surface area contributed by atoms with Crippen molar-refractivity contribution in [3.63, 3.8) is 0 Å². The van der Waals surface area contributed by atoms with Gasteiger partial charge in [0.15, 0.2) is 0 Å². The molecule has 1 heterocycles. The van der Waals surface area contributed by atoms with Gasteiger partial charge >= 0.3 is 0 Å². The van der Waals surface area contributed by atoms with E-state index >= 15 is 0 Å². The van der Waals surface area contributed by atoms with Crippen LogP contribution >= 0.6 is 11.6 Å². The van der Waals surface area contributed by atoms with Crippen molar-refractivity contribution in [2.45, 2.75) is 45.6 Å². The molecule has 0 aliphatic carbocycles. The van der Waals surface area contributed by atoms with Crippen LogP contribution in [0.5, 0.6) is 0 Å². The number of hydrogen-bond donors (Lipinski definition) is 0. The normalized spacial score (nSPS) is 22.9. The van der Waals surface area contributed by atoms with E-state index < -0.39 is 0 Å². The third kappa shape index (κ3) is 3.49. The van der Waals surface area contributed by atoms with Crippen LogP contribution in [0.1, 0.15) is 51.1 Å². The minimum Gasteiger partial charge on any atom is -0.296 e. The minimum absolute atomic E-state index is 0.579. The lowest BCUT2D eigenvalue weighted by Crippen LogP contribution is -2.37. The van der Waals surface area contributed by atoms with Crippen LogP contribution in [0.25, 0.3) is 0 Å². The first-order valence-corrected chi connectivity index (χ1v) is 7.58. The van der Waals surface area contributed by atoms with Crippen LogP contribution < -0.4 is 0 Å². The maximum absolute atomic E-state index is 5.99. The highest BCUT2D eigenvalue weighted by atomic mass is 35.5. The molecule has 100 valence electrons. The summed E-state index contributed by atoms with van der Waals surface area (Å²) in [6, 6.07) is 9.01. The van der Waals surface area contributed by atoms with Crippen LogP contribution in [-0.4, -0.2) is 18.0 Å². The maximum atomic E-state index is 5.99. The molecule has 1 aromatic rings. The zero-order valence-electron chi connectivity index (χ0n) is 11.5. The van der Waals surface area contributed by atoms with E-state index in [1.54, 1.807) is 0 Å². The molecule has 1 aliphatic heterocycles. The van der Waals surface area contributed by atoms with E-state index in [-0.39, 0.29) is 0 Å². The molecule has 0 amide bonds. The molecule has 0 unspecified atom stereocenters. The number of nitrogens with zero attached hydrogens (tertiary/aromatic N) is 1. The highest BCUT2D eigenvalue weighted by molar-refractivity contribution is 6.30. The molecule has 2 atom stereocenters. The third-order valence-electron chi connectivity index (χ3n) is 3.95. The third-order valence-corrected chi connectivity index (χ3v) is 4.20. The average Bonchev–Trinajstić information content (AvgIpc) is 2.37. The van der Waals surface area contributed by atoms with Gasteiger partial charge in [0.25, 0.3) is 0 Å². The highest BCUT2D eigenvalue weighted by Crippen LogP contribution is 2.30. The molecule has 1 aromatic carbocycles. The molecule has 2 rings (SSSR count). The predicted octanol–water partition coefficient (Wildman–Crippen LogP) is 4.91. The van der Waals surface area contributed by atoms with Gasteiger partial charge in [0.1, 0.15) is 0 Å². The van der Waals surface area contributed by atoms with Crippen LogP contribution in [0.15, 0.2) is 24.3 Å². The number of hydrogen-bond acceptors (Lipinski definition) is 1. The second-order valence-corrected chi connectivity index (χ2v) is 6.03. The van der Waals surface area contributed by atoms with Gasteiger partial charge in [-0.05, 0) is 49.4 Å². The van der Waals surface area contributed by atoms with Crippen molar-refractivity contribution < 1.29 is 0 Å². The molecule has 0 bridgehead atoms. The lowest BCUT2D eigenvalue weighted by atomic mass is 9.94. The predicted molar refractivity (Wildman–Crippen MR) is 79.1 cm³/mol. The second kappa shape index (κ2) is 6.58. The van der Waals surface area contributed by atoms with Gasteiger partial charge in [-0.3, -0.25) is 4.90 Å². The van der Waals surface area contributed by atoms with Crippen LogP contribution in [0.3, 0.4) is 0 Å². The zero-order valence-corrected chi connectivity index (χ0v) is 12.3. The quantitative estimate of drug-likeness (QED) is 0.747. The molecule has 0 saturated carbocycles.